The van der Waals surface area contributed by atoms with Gasteiger partial charge in [0.25, 0.3) is 0 Å². The molecular weight excluding hydrogens is 279 g/mol. The summed E-state index contributed by atoms with van der Waals surface area (Å²) in [6, 6.07) is 5.36. The van der Waals surface area contributed by atoms with Crippen molar-refractivity contribution >= 4 is 29.0 Å². The van der Waals surface area contributed by atoms with Crippen LogP contribution in [0.5, 0.6) is 0 Å². The summed E-state index contributed by atoms with van der Waals surface area (Å²) in [4.78, 5) is 12.4. The maximum atomic E-state index is 12.4. The smallest absolute Gasteiger partial charge is 0.140 e. The summed E-state index contributed by atoms with van der Waals surface area (Å²) in [5.74, 6) is 1.82. The van der Waals surface area contributed by atoms with Crippen LogP contribution in [-0.4, -0.2) is 5.78 Å². The minimum atomic E-state index is 0.200. The quantitative estimate of drug-likeness (QED) is 0.752. The molecule has 0 aromatic heterocycles. The van der Waals surface area contributed by atoms with Crippen molar-refractivity contribution in [2.45, 2.75) is 39.5 Å². The molecule has 2 rings (SSSR count). The number of Topliss-reactive ketones (excluding diaryl/α,β-unsaturated/α-hetero) is 1. The van der Waals surface area contributed by atoms with Crippen LogP contribution < -0.4 is 0 Å². The Morgan fingerprint density at radius 1 is 1.16 bits per heavy atom. The van der Waals surface area contributed by atoms with Crippen molar-refractivity contribution in [3.8, 4) is 0 Å². The summed E-state index contributed by atoms with van der Waals surface area (Å²) in [5, 5.41) is 1.21. The van der Waals surface area contributed by atoms with Gasteiger partial charge in [0.2, 0.25) is 0 Å². The zero-order valence-corrected chi connectivity index (χ0v) is 13.0. The Morgan fingerprint density at radius 2 is 1.79 bits per heavy atom. The van der Waals surface area contributed by atoms with Gasteiger partial charge >= 0.3 is 0 Å². The Labute approximate surface area is 125 Å². The van der Waals surface area contributed by atoms with Crippen LogP contribution in [0.1, 0.15) is 38.7 Å². The Kier molecular flexibility index (Phi) is 4.92. The van der Waals surface area contributed by atoms with Crippen LogP contribution in [0.4, 0.5) is 0 Å². The molecule has 0 spiro atoms. The third kappa shape index (κ3) is 3.97. The number of ketones is 1. The molecule has 0 heterocycles. The maximum Gasteiger partial charge on any atom is 0.140 e. The summed E-state index contributed by atoms with van der Waals surface area (Å²) in [6.07, 6.45) is 3.72. The van der Waals surface area contributed by atoms with Gasteiger partial charge in [0.15, 0.2) is 0 Å². The molecule has 1 aliphatic carbocycles. The maximum absolute atomic E-state index is 12.4. The van der Waals surface area contributed by atoms with E-state index in [9.17, 15) is 4.79 Å². The SMILES string of the molecule is CC1CC(C)CC(C(=O)Cc2ccc(Cl)cc2Cl)C1. The van der Waals surface area contributed by atoms with Gasteiger partial charge in [-0.3, -0.25) is 4.79 Å². The molecule has 2 unspecified atom stereocenters. The number of hydrogen-bond acceptors (Lipinski definition) is 1. The van der Waals surface area contributed by atoms with Crippen molar-refractivity contribution in [3.63, 3.8) is 0 Å². The van der Waals surface area contributed by atoms with Gasteiger partial charge in [-0.15, -0.1) is 0 Å². The third-order valence-electron chi connectivity index (χ3n) is 4.01. The van der Waals surface area contributed by atoms with Gasteiger partial charge in [0.1, 0.15) is 5.78 Å². The number of rotatable bonds is 3. The number of halogens is 2. The van der Waals surface area contributed by atoms with Crippen LogP contribution in [-0.2, 0) is 11.2 Å². The number of benzene rings is 1. The summed E-state index contributed by atoms with van der Waals surface area (Å²) < 4.78 is 0. The summed E-state index contributed by atoms with van der Waals surface area (Å²) in [6.45, 7) is 4.48. The molecular formula is C16H20Cl2O. The van der Waals surface area contributed by atoms with Gasteiger partial charge in [0.05, 0.1) is 0 Å². The molecule has 104 valence electrons. The van der Waals surface area contributed by atoms with Crippen LogP contribution >= 0.6 is 23.2 Å². The predicted molar refractivity (Wildman–Crippen MR) is 80.8 cm³/mol. The summed E-state index contributed by atoms with van der Waals surface area (Å²) >= 11 is 12.0. The van der Waals surface area contributed by atoms with E-state index in [1.807, 2.05) is 6.07 Å². The van der Waals surface area contributed by atoms with E-state index < -0.39 is 0 Å². The molecule has 19 heavy (non-hydrogen) atoms. The van der Waals surface area contributed by atoms with E-state index in [1.165, 1.54) is 6.42 Å². The second-order valence-corrected chi connectivity index (χ2v) is 6.84. The molecule has 1 aromatic rings. The van der Waals surface area contributed by atoms with Gasteiger partial charge in [-0.25, -0.2) is 0 Å². The second kappa shape index (κ2) is 6.28. The van der Waals surface area contributed by atoms with Gasteiger partial charge in [-0.1, -0.05) is 43.1 Å². The molecule has 1 aromatic carbocycles. The zero-order valence-electron chi connectivity index (χ0n) is 11.5. The molecule has 1 saturated carbocycles. The number of carbonyl (C=O) groups is 1. The van der Waals surface area contributed by atoms with Crippen molar-refractivity contribution in [1.29, 1.82) is 0 Å². The Bertz CT molecular complexity index is 460. The predicted octanol–water partition coefficient (Wildman–Crippen LogP) is 5.18. The highest BCUT2D eigenvalue weighted by atomic mass is 35.5. The van der Waals surface area contributed by atoms with Crippen molar-refractivity contribution in [2.75, 3.05) is 0 Å². The Hall–Kier alpha value is -0.530. The van der Waals surface area contributed by atoms with Gasteiger partial charge < -0.3 is 0 Å². The second-order valence-electron chi connectivity index (χ2n) is 5.99. The molecule has 1 aliphatic rings. The average Bonchev–Trinajstić information content (AvgIpc) is 2.31. The van der Waals surface area contributed by atoms with E-state index in [1.54, 1.807) is 12.1 Å². The zero-order chi connectivity index (χ0) is 14.0. The van der Waals surface area contributed by atoms with E-state index in [-0.39, 0.29) is 5.92 Å². The van der Waals surface area contributed by atoms with E-state index in [2.05, 4.69) is 13.8 Å². The lowest BCUT2D eigenvalue weighted by molar-refractivity contribution is -0.124. The molecule has 0 amide bonds. The van der Waals surface area contributed by atoms with Crippen LogP contribution in [0.15, 0.2) is 18.2 Å². The first kappa shape index (κ1) is 14.9. The average molecular weight is 299 g/mol. The molecule has 1 fully saturated rings. The van der Waals surface area contributed by atoms with Crippen LogP contribution in [0, 0.1) is 17.8 Å². The van der Waals surface area contributed by atoms with E-state index in [0.717, 1.165) is 18.4 Å². The Morgan fingerprint density at radius 3 is 2.37 bits per heavy atom. The number of hydrogen-bond donors (Lipinski definition) is 0. The lowest BCUT2D eigenvalue weighted by atomic mass is 9.74. The van der Waals surface area contributed by atoms with Crippen molar-refractivity contribution in [1.82, 2.24) is 0 Å². The first-order valence-electron chi connectivity index (χ1n) is 6.92. The van der Waals surface area contributed by atoms with Crippen molar-refractivity contribution in [2.24, 2.45) is 17.8 Å². The van der Waals surface area contributed by atoms with E-state index >= 15 is 0 Å². The molecule has 0 N–H and O–H groups in total. The van der Waals surface area contributed by atoms with E-state index in [0.29, 0.717) is 34.1 Å². The minimum Gasteiger partial charge on any atom is -0.299 e. The fraction of sp³-hybridized carbons (Fsp3) is 0.562. The molecule has 0 saturated heterocycles. The lowest BCUT2D eigenvalue weighted by Crippen LogP contribution is -2.27. The monoisotopic (exact) mass is 298 g/mol. The highest BCUT2D eigenvalue weighted by Crippen LogP contribution is 2.34. The van der Waals surface area contributed by atoms with Crippen molar-refractivity contribution < 1.29 is 4.79 Å². The molecule has 0 radical (unpaired) electrons. The molecule has 0 bridgehead atoms. The third-order valence-corrected chi connectivity index (χ3v) is 4.60. The van der Waals surface area contributed by atoms with Crippen LogP contribution in [0.2, 0.25) is 10.0 Å². The lowest BCUT2D eigenvalue weighted by Gasteiger charge is -2.30. The summed E-state index contributed by atoms with van der Waals surface area (Å²) in [7, 11) is 0. The molecule has 3 heteroatoms. The fourth-order valence-electron chi connectivity index (χ4n) is 3.21. The van der Waals surface area contributed by atoms with Gasteiger partial charge in [0, 0.05) is 22.4 Å². The number of carbonyl (C=O) groups excluding carboxylic acids is 1. The first-order chi connectivity index (χ1) is 8.95. The molecule has 0 aliphatic heterocycles. The van der Waals surface area contributed by atoms with Gasteiger partial charge in [-0.05, 0) is 48.8 Å². The largest absolute Gasteiger partial charge is 0.299 e. The van der Waals surface area contributed by atoms with Crippen molar-refractivity contribution in [3.05, 3.63) is 33.8 Å². The van der Waals surface area contributed by atoms with Gasteiger partial charge in [-0.2, -0.15) is 0 Å². The highest BCUT2D eigenvalue weighted by molar-refractivity contribution is 6.35. The normalized spacial score (nSPS) is 27.3. The fourth-order valence-corrected chi connectivity index (χ4v) is 3.68. The minimum absolute atomic E-state index is 0.200. The van der Waals surface area contributed by atoms with Crippen LogP contribution in [0.3, 0.4) is 0 Å². The van der Waals surface area contributed by atoms with Crippen LogP contribution in [0.25, 0.3) is 0 Å². The topological polar surface area (TPSA) is 17.1 Å². The summed E-state index contributed by atoms with van der Waals surface area (Å²) in [5.41, 5.74) is 0.891. The Balaban J connectivity index is 2.04. The first-order valence-corrected chi connectivity index (χ1v) is 7.68. The highest BCUT2D eigenvalue weighted by Gasteiger charge is 2.28. The van der Waals surface area contributed by atoms with E-state index in [4.69, 9.17) is 23.2 Å². The molecule has 2 atom stereocenters. The molecule has 1 nitrogen and oxygen atoms in total. The standard InChI is InChI=1S/C16H20Cl2O/c1-10-5-11(2)7-13(6-10)16(19)8-12-3-4-14(17)9-15(12)18/h3-4,9-11,13H,5-8H2,1-2H3.